The summed E-state index contributed by atoms with van der Waals surface area (Å²) in [7, 11) is 0. The predicted octanol–water partition coefficient (Wildman–Crippen LogP) is 17.0. The summed E-state index contributed by atoms with van der Waals surface area (Å²) in [5.41, 5.74) is 0. The maximum absolute atomic E-state index is 2.52. The average molecular weight is 619 g/mol. The lowest BCUT2D eigenvalue weighted by molar-refractivity contribution is 0.373. The molecular formula is C44H90. The first-order chi connectivity index (χ1) is 21.6. The molecule has 0 heterocycles. The van der Waals surface area contributed by atoms with Crippen LogP contribution in [0.15, 0.2) is 0 Å². The highest BCUT2D eigenvalue weighted by molar-refractivity contribution is 4.61. The molecule has 0 aliphatic carbocycles. The van der Waals surface area contributed by atoms with Crippen LogP contribution in [0.4, 0.5) is 0 Å². The standard InChI is InChI=1S/C44H90/c1-6-8-10-12-14-16-18-19-20-21-22-23-24-25-27-29-31-33-37-43(4)39-35-41-44(5)40-34-38-42(3)36-32-30-28-26-17-15-13-11-9-7-2/h42-44H,6-41H2,1-5H3. The Morgan fingerprint density at radius 2 is 0.364 bits per heavy atom. The molecule has 0 bridgehead atoms. The monoisotopic (exact) mass is 619 g/mol. The van der Waals surface area contributed by atoms with E-state index in [2.05, 4.69) is 34.6 Å². The summed E-state index contributed by atoms with van der Waals surface area (Å²) in [6, 6.07) is 0. The molecule has 0 radical (unpaired) electrons. The first-order valence-electron chi connectivity index (χ1n) is 21.6. The van der Waals surface area contributed by atoms with Crippen molar-refractivity contribution in [2.75, 3.05) is 0 Å². The molecular weight excluding hydrogens is 528 g/mol. The van der Waals surface area contributed by atoms with Crippen LogP contribution in [-0.2, 0) is 0 Å². The molecule has 0 amide bonds. The zero-order valence-corrected chi connectivity index (χ0v) is 32.2. The van der Waals surface area contributed by atoms with Gasteiger partial charge in [0.2, 0.25) is 0 Å². The van der Waals surface area contributed by atoms with Crippen LogP contribution in [0.1, 0.15) is 266 Å². The summed E-state index contributed by atoms with van der Waals surface area (Å²) < 4.78 is 0. The highest BCUT2D eigenvalue weighted by Gasteiger charge is 2.08. The Hall–Kier alpha value is 0. The molecule has 0 aromatic carbocycles. The molecule has 0 fully saturated rings. The van der Waals surface area contributed by atoms with Gasteiger partial charge in [0, 0.05) is 0 Å². The van der Waals surface area contributed by atoms with Crippen molar-refractivity contribution in [2.24, 2.45) is 17.8 Å². The van der Waals surface area contributed by atoms with Gasteiger partial charge in [0.1, 0.15) is 0 Å². The predicted molar refractivity (Wildman–Crippen MR) is 205 cm³/mol. The van der Waals surface area contributed by atoms with Gasteiger partial charge in [0.05, 0.1) is 0 Å². The molecule has 0 spiro atoms. The summed E-state index contributed by atoms with van der Waals surface area (Å²) in [5, 5.41) is 0. The Morgan fingerprint density at radius 3 is 0.568 bits per heavy atom. The van der Waals surface area contributed by atoms with Gasteiger partial charge >= 0.3 is 0 Å². The van der Waals surface area contributed by atoms with E-state index in [1.165, 1.54) is 231 Å². The van der Waals surface area contributed by atoms with Gasteiger partial charge in [-0.15, -0.1) is 0 Å². The quantitative estimate of drug-likeness (QED) is 0.0604. The van der Waals surface area contributed by atoms with Crippen molar-refractivity contribution in [2.45, 2.75) is 266 Å². The summed E-state index contributed by atoms with van der Waals surface area (Å²) in [4.78, 5) is 0. The lowest BCUT2D eigenvalue weighted by atomic mass is 9.90. The van der Waals surface area contributed by atoms with Crippen LogP contribution in [-0.4, -0.2) is 0 Å². The molecule has 0 N–H and O–H groups in total. The Morgan fingerprint density at radius 1 is 0.205 bits per heavy atom. The fraction of sp³-hybridized carbons (Fsp3) is 1.00. The Labute approximate surface area is 282 Å². The zero-order valence-electron chi connectivity index (χ0n) is 32.2. The fourth-order valence-electron chi connectivity index (χ4n) is 7.44. The topological polar surface area (TPSA) is 0 Å². The third-order valence-electron chi connectivity index (χ3n) is 10.9. The molecule has 266 valence electrons. The Kier molecular flexibility index (Phi) is 37.5. The van der Waals surface area contributed by atoms with E-state index in [1.54, 1.807) is 0 Å². The number of hydrogen-bond acceptors (Lipinski definition) is 0. The van der Waals surface area contributed by atoms with Crippen molar-refractivity contribution >= 4 is 0 Å². The molecule has 0 aromatic heterocycles. The van der Waals surface area contributed by atoms with Crippen LogP contribution in [0.3, 0.4) is 0 Å². The van der Waals surface area contributed by atoms with Crippen LogP contribution < -0.4 is 0 Å². The smallest absolute Gasteiger partial charge is 0.0443 e. The van der Waals surface area contributed by atoms with E-state index in [9.17, 15) is 0 Å². The van der Waals surface area contributed by atoms with Gasteiger partial charge < -0.3 is 0 Å². The van der Waals surface area contributed by atoms with Crippen molar-refractivity contribution in [3.8, 4) is 0 Å². The van der Waals surface area contributed by atoms with Gasteiger partial charge in [-0.1, -0.05) is 266 Å². The van der Waals surface area contributed by atoms with Gasteiger partial charge in [0.25, 0.3) is 0 Å². The molecule has 0 saturated carbocycles. The molecule has 0 aliphatic heterocycles. The minimum absolute atomic E-state index is 0.942. The molecule has 0 heteroatoms. The van der Waals surface area contributed by atoms with E-state index >= 15 is 0 Å². The summed E-state index contributed by atoms with van der Waals surface area (Å²) in [5.74, 6) is 2.84. The van der Waals surface area contributed by atoms with Crippen LogP contribution in [0.25, 0.3) is 0 Å². The van der Waals surface area contributed by atoms with Gasteiger partial charge in [-0.2, -0.15) is 0 Å². The minimum atomic E-state index is 0.942. The molecule has 3 unspecified atom stereocenters. The lowest BCUT2D eigenvalue weighted by Crippen LogP contribution is -2.01. The summed E-state index contributed by atoms with van der Waals surface area (Å²) >= 11 is 0. The number of rotatable bonds is 38. The largest absolute Gasteiger partial charge is 0.0654 e. The van der Waals surface area contributed by atoms with Crippen LogP contribution >= 0.6 is 0 Å². The molecule has 0 aliphatic rings. The van der Waals surface area contributed by atoms with E-state index in [4.69, 9.17) is 0 Å². The average Bonchev–Trinajstić information content (AvgIpc) is 3.01. The van der Waals surface area contributed by atoms with E-state index in [-0.39, 0.29) is 0 Å². The van der Waals surface area contributed by atoms with Crippen LogP contribution in [0.2, 0.25) is 0 Å². The normalized spacial score (nSPS) is 13.8. The minimum Gasteiger partial charge on any atom is -0.0654 e. The van der Waals surface area contributed by atoms with E-state index in [0.29, 0.717) is 0 Å². The maximum Gasteiger partial charge on any atom is -0.0443 e. The van der Waals surface area contributed by atoms with Crippen molar-refractivity contribution in [3.05, 3.63) is 0 Å². The van der Waals surface area contributed by atoms with E-state index in [1.807, 2.05) is 0 Å². The Bertz CT molecular complexity index is 494. The molecule has 0 aromatic rings. The first-order valence-corrected chi connectivity index (χ1v) is 21.6. The van der Waals surface area contributed by atoms with Crippen LogP contribution in [0.5, 0.6) is 0 Å². The van der Waals surface area contributed by atoms with Crippen molar-refractivity contribution in [1.29, 1.82) is 0 Å². The van der Waals surface area contributed by atoms with Gasteiger partial charge in [-0.3, -0.25) is 0 Å². The first kappa shape index (κ1) is 44.0. The fourth-order valence-corrected chi connectivity index (χ4v) is 7.44. The van der Waals surface area contributed by atoms with Crippen molar-refractivity contribution < 1.29 is 0 Å². The zero-order chi connectivity index (χ0) is 32.2. The maximum atomic E-state index is 2.52. The van der Waals surface area contributed by atoms with Gasteiger partial charge in [0.15, 0.2) is 0 Å². The highest BCUT2D eigenvalue weighted by Crippen LogP contribution is 2.24. The number of unbranched alkanes of at least 4 members (excludes halogenated alkanes) is 26. The van der Waals surface area contributed by atoms with Gasteiger partial charge in [-0.25, -0.2) is 0 Å². The second-order valence-electron chi connectivity index (χ2n) is 15.9. The molecule has 0 saturated heterocycles. The molecule has 44 heavy (non-hydrogen) atoms. The molecule has 3 atom stereocenters. The second-order valence-corrected chi connectivity index (χ2v) is 15.9. The Balaban J connectivity index is 3.34. The highest BCUT2D eigenvalue weighted by atomic mass is 14.1. The summed E-state index contributed by atoms with van der Waals surface area (Å²) in [6.07, 6.45) is 53.0. The molecule has 0 nitrogen and oxygen atoms in total. The second kappa shape index (κ2) is 37.5. The van der Waals surface area contributed by atoms with E-state index < -0.39 is 0 Å². The van der Waals surface area contributed by atoms with Crippen molar-refractivity contribution in [3.63, 3.8) is 0 Å². The summed E-state index contributed by atoms with van der Waals surface area (Å²) in [6.45, 7) is 12.2. The third-order valence-corrected chi connectivity index (χ3v) is 10.9. The lowest BCUT2D eigenvalue weighted by Gasteiger charge is -2.16. The van der Waals surface area contributed by atoms with Crippen molar-refractivity contribution in [1.82, 2.24) is 0 Å². The molecule has 0 rings (SSSR count). The third kappa shape index (κ3) is 36.5. The van der Waals surface area contributed by atoms with Crippen LogP contribution in [0, 0.1) is 17.8 Å². The van der Waals surface area contributed by atoms with E-state index in [0.717, 1.165) is 17.8 Å². The SMILES string of the molecule is CCCCCCCCCCCCCCCCCCCCC(C)CCCC(C)CCCC(C)CCCCCCCCCCCC. The van der Waals surface area contributed by atoms with Gasteiger partial charge in [-0.05, 0) is 17.8 Å². The number of hydrogen-bond donors (Lipinski definition) is 0.